The van der Waals surface area contributed by atoms with Gasteiger partial charge in [-0.05, 0) is 75.1 Å². The number of benzene rings is 2. The second kappa shape index (κ2) is 9.44. The third kappa shape index (κ3) is 4.84. The third-order valence-corrected chi connectivity index (χ3v) is 6.29. The molecule has 33 heavy (non-hydrogen) atoms. The van der Waals surface area contributed by atoms with Gasteiger partial charge in [-0.3, -0.25) is 15.2 Å². The van der Waals surface area contributed by atoms with Gasteiger partial charge in [-0.1, -0.05) is 11.6 Å². The second-order valence-electron chi connectivity index (χ2n) is 8.35. The molecule has 1 fully saturated rings. The molecular formula is C24H27ClN4O4. The van der Waals surface area contributed by atoms with Crippen molar-refractivity contribution < 1.29 is 19.6 Å². The molecule has 4 rings (SSSR count). The summed E-state index contributed by atoms with van der Waals surface area (Å²) in [5.41, 5.74) is 2.31. The molecule has 1 aliphatic rings. The van der Waals surface area contributed by atoms with Gasteiger partial charge in [-0.15, -0.1) is 5.23 Å². The van der Waals surface area contributed by atoms with Crippen LogP contribution in [-0.4, -0.2) is 61.5 Å². The Labute approximate surface area is 197 Å². The van der Waals surface area contributed by atoms with E-state index in [1.54, 1.807) is 31.3 Å². The van der Waals surface area contributed by atoms with E-state index in [2.05, 4.69) is 23.9 Å². The Morgan fingerprint density at radius 2 is 1.79 bits per heavy atom. The highest BCUT2D eigenvalue weighted by atomic mass is 35.5. The summed E-state index contributed by atoms with van der Waals surface area (Å²) in [6, 6.07) is 16.2. The molecule has 0 saturated carbocycles. The average Bonchev–Trinajstić information content (AvgIpc) is 3.48. The molecular weight excluding hydrogens is 444 g/mol. The van der Waals surface area contributed by atoms with Crippen molar-refractivity contribution >= 4 is 34.6 Å². The van der Waals surface area contributed by atoms with Gasteiger partial charge in [0.2, 0.25) is 0 Å². The van der Waals surface area contributed by atoms with Crippen LogP contribution in [0.4, 0.5) is 17.1 Å². The molecule has 1 aliphatic heterocycles. The first kappa shape index (κ1) is 23.1. The zero-order chi connectivity index (χ0) is 23.7. The Balaban J connectivity index is 1.49. The number of carbonyl (C=O) groups is 1. The highest BCUT2D eigenvalue weighted by Crippen LogP contribution is 2.34. The van der Waals surface area contributed by atoms with Crippen LogP contribution in [0.2, 0.25) is 5.02 Å². The third-order valence-electron chi connectivity index (χ3n) is 6.06. The van der Waals surface area contributed by atoms with Crippen molar-refractivity contribution in [1.29, 1.82) is 0 Å². The normalized spacial score (nSPS) is 15.8. The summed E-state index contributed by atoms with van der Waals surface area (Å²) in [7, 11) is 5.90. The van der Waals surface area contributed by atoms with E-state index >= 15 is 0 Å². The lowest BCUT2D eigenvalue weighted by molar-refractivity contribution is 0.0294. The van der Waals surface area contributed by atoms with Gasteiger partial charge in [0.25, 0.3) is 5.91 Å². The van der Waals surface area contributed by atoms with E-state index in [1.807, 2.05) is 24.3 Å². The summed E-state index contributed by atoms with van der Waals surface area (Å²) < 4.78 is 5.75. The molecule has 0 radical (unpaired) electrons. The average molecular weight is 471 g/mol. The number of hydrogen-bond acceptors (Lipinski definition) is 7. The molecule has 0 bridgehead atoms. The maximum absolute atomic E-state index is 13.0. The lowest BCUT2D eigenvalue weighted by Gasteiger charge is -2.23. The number of anilines is 3. The van der Waals surface area contributed by atoms with Crippen molar-refractivity contribution in [3.8, 4) is 11.3 Å². The smallest absolute Gasteiger partial charge is 0.293 e. The van der Waals surface area contributed by atoms with Crippen molar-refractivity contribution in [2.24, 2.45) is 0 Å². The summed E-state index contributed by atoms with van der Waals surface area (Å²) in [4.78, 5) is 19.1. The maximum Gasteiger partial charge on any atom is 0.293 e. The van der Waals surface area contributed by atoms with E-state index in [0.29, 0.717) is 22.4 Å². The van der Waals surface area contributed by atoms with Crippen LogP contribution in [0.15, 0.2) is 59.0 Å². The van der Waals surface area contributed by atoms with E-state index in [-0.39, 0.29) is 22.6 Å². The number of likely N-dealkylation sites (N-methyl/N-ethyl adjacent to an activating group) is 1. The first-order valence-corrected chi connectivity index (χ1v) is 11.0. The van der Waals surface area contributed by atoms with Crippen LogP contribution in [0.5, 0.6) is 0 Å². The number of rotatable bonds is 6. The minimum absolute atomic E-state index is 0.0278. The van der Waals surface area contributed by atoms with Gasteiger partial charge in [-0.25, -0.2) is 0 Å². The summed E-state index contributed by atoms with van der Waals surface area (Å²) in [5, 5.41) is 19.3. The van der Waals surface area contributed by atoms with Crippen LogP contribution in [0, 0.1) is 0 Å². The molecule has 2 aromatic carbocycles. The van der Waals surface area contributed by atoms with Gasteiger partial charge in [0.1, 0.15) is 11.4 Å². The molecule has 1 atom stereocenters. The summed E-state index contributed by atoms with van der Waals surface area (Å²) in [6.45, 7) is 2.00. The van der Waals surface area contributed by atoms with Crippen LogP contribution in [0.3, 0.4) is 0 Å². The largest absolute Gasteiger partial charge is 0.451 e. The van der Waals surface area contributed by atoms with Crippen LogP contribution < -0.4 is 15.0 Å². The zero-order valence-electron chi connectivity index (χ0n) is 18.8. The van der Waals surface area contributed by atoms with Gasteiger partial charge in [0.15, 0.2) is 5.76 Å². The fraction of sp³-hybridized carbons (Fsp3) is 0.292. The molecule has 0 aliphatic carbocycles. The predicted molar refractivity (Wildman–Crippen MR) is 129 cm³/mol. The van der Waals surface area contributed by atoms with E-state index in [4.69, 9.17) is 16.0 Å². The zero-order valence-corrected chi connectivity index (χ0v) is 19.5. The first-order valence-electron chi connectivity index (χ1n) is 10.6. The van der Waals surface area contributed by atoms with Crippen LogP contribution >= 0.6 is 11.6 Å². The maximum atomic E-state index is 13.0. The molecule has 1 amide bonds. The number of halogens is 1. The number of furan rings is 1. The van der Waals surface area contributed by atoms with Gasteiger partial charge in [0.05, 0.1) is 0 Å². The Bertz CT molecular complexity index is 1130. The van der Waals surface area contributed by atoms with Crippen LogP contribution in [-0.2, 0) is 0 Å². The standard InChI is InChI=1S/C24H27ClN4O4/c1-26(2)19-12-13-28(15-19)18-7-5-17(6-8-18)27(3)24(30)23-11-10-22(33-23)20-9-4-16(25)14-21(20)29(31)32/h4-11,14,19,31-32H,12-13,15H2,1-3H3. The summed E-state index contributed by atoms with van der Waals surface area (Å²) >= 11 is 5.94. The van der Waals surface area contributed by atoms with E-state index in [0.717, 1.165) is 30.9 Å². The Morgan fingerprint density at radius 3 is 2.42 bits per heavy atom. The molecule has 1 saturated heterocycles. The minimum atomic E-state index is -0.316. The van der Waals surface area contributed by atoms with Crippen molar-refractivity contribution in [3.05, 3.63) is 65.4 Å². The molecule has 9 heteroatoms. The van der Waals surface area contributed by atoms with Crippen molar-refractivity contribution in [2.45, 2.75) is 12.5 Å². The molecule has 8 nitrogen and oxygen atoms in total. The van der Waals surface area contributed by atoms with Crippen molar-refractivity contribution in [3.63, 3.8) is 0 Å². The lowest BCUT2D eigenvalue weighted by atomic mass is 10.1. The van der Waals surface area contributed by atoms with Gasteiger partial charge in [0, 0.05) is 48.1 Å². The lowest BCUT2D eigenvalue weighted by Crippen LogP contribution is -2.31. The van der Waals surface area contributed by atoms with Crippen LogP contribution in [0.1, 0.15) is 17.0 Å². The highest BCUT2D eigenvalue weighted by molar-refractivity contribution is 6.31. The van der Waals surface area contributed by atoms with Gasteiger partial charge >= 0.3 is 0 Å². The highest BCUT2D eigenvalue weighted by Gasteiger charge is 2.25. The minimum Gasteiger partial charge on any atom is -0.451 e. The molecule has 0 spiro atoms. The van der Waals surface area contributed by atoms with E-state index in [1.165, 1.54) is 11.0 Å². The quantitative estimate of drug-likeness (QED) is 0.509. The van der Waals surface area contributed by atoms with Gasteiger partial charge in [-0.2, -0.15) is 0 Å². The number of amides is 1. The van der Waals surface area contributed by atoms with Gasteiger partial charge < -0.3 is 19.1 Å². The molecule has 1 unspecified atom stereocenters. The molecule has 2 heterocycles. The Morgan fingerprint density at radius 1 is 1.06 bits per heavy atom. The Kier molecular flexibility index (Phi) is 6.62. The van der Waals surface area contributed by atoms with Crippen molar-refractivity contribution in [2.75, 3.05) is 49.3 Å². The molecule has 174 valence electrons. The van der Waals surface area contributed by atoms with Crippen molar-refractivity contribution in [1.82, 2.24) is 4.90 Å². The fourth-order valence-electron chi connectivity index (χ4n) is 4.04. The predicted octanol–water partition coefficient (Wildman–Crippen LogP) is 4.60. The van der Waals surface area contributed by atoms with E-state index in [9.17, 15) is 15.2 Å². The molecule has 2 N–H and O–H groups in total. The number of hydrogen-bond donors (Lipinski definition) is 2. The topological polar surface area (TPSA) is 83.6 Å². The summed E-state index contributed by atoms with van der Waals surface area (Å²) in [6.07, 6.45) is 1.13. The fourth-order valence-corrected chi connectivity index (χ4v) is 4.21. The Hall–Kier alpha value is -3.04. The molecule has 1 aromatic heterocycles. The number of carbonyl (C=O) groups excluding carboxylic acids is 1. The first-order chi connectivity index (χ1) is 15.7. The number of nitrogens with zero attached hydrogens (tertiary/aromatic N) is 4. The monoisotopic (exact) mass is 470 g/mol. The van der Waals surface area contributed by atoms with E-state index < -0.39 is 0 Å². The molecule has 3 aromatic rings. The summed E-state index contributed by atoms with van der Waals surface area (Å²) in [5.74, 6) is 0.128. The second-order valence-corrected chi connectivity index (χ2v) is 8.78. The SMILES string of the molecule is CN(C(=O)c1ccc(-c2ccc(Cl)cc2N(O)O)o1)c1ccc(N2CCC(N(C)C)C2)cc1. The van der Waals surface area contributed by atoms with Crippen LogP contribution in [0.25, 0.3) is 11.3 Å².